The molecule has 3 N–H and O–H groups in total. The summed E-state index contributed by atoms with van der Waals surface area (Å²) in [7, 11) is 1.64. The molecule has 1 aromatic carbocycles. The Hall–Kier alpha value is -1.13. The molecule has 1 atom stereocenters. The lowest BCUT2D eigenvalue weighted by Gasteiger charge is -2.19. The zero-order chi connectivity index (χ0) is 12.7. The summed E-state index contributed by atoms with van der Waals surface area (Å²) < 4.78 is 18.7. The second kappa shape index (κ2) is 7.25. The maximum atomic E-state index is 13.6. The molecule has 0 radical (unpaired) electrons. The molecule has 0 bridgehead atoms. The highest BCUT2D eigenvalue weighted by molar-refractivity contribution is 5.47. The molecule has 0 aliphatic rings. The second-order valence-corrected chi connectivity index (χ2v) is 4.21. The fourth-order valence-electron chi connectivity index (χ4n) is 1.73. The van der Waals surface area contributed by atoms with Crippen molar-refractivity contribution in [3.05, 3.63) is 29.6 Å². The average molecular weight is 240 g/mol. The first-order valence-corrected chi connectivity index (χ1v) is 5.89. The number of halogens is 1. The van der Waals surface area contributed by atoms with Crippen LogP contribution in [-0.2, 0) is 4.74 Å². The lowest BCUT2D eigenvalue weighted by atomic mass is 10.1. The topological polar surface area (TPSA) is 47.3 Å². The van der Waals surface area contributed by atoms with E-state index in [-0.39, 0.29) is 11.9 Å². The summed E-state index contributed by atoms with van der Waals surface area (Å²) in [4.78, 5) is 0. The first-order valence-electron chi connectivity index (χ1n) is 5.89. The summed E-state index contributed by atoms with van der Waals surface area (Å²) in [5.74, 6) is -0.232. The van der Waals surface area contributed by atoms with E-state index in [0.29, 0.717) is 18.8 Å². The van der Waals surface area contributed by atoms with Crippen LogP contribution in [-0.4, -0.2) is 26.3 Å². The normalized spacial score (nSPS) is 12.5. The van der Waals surface area contributed by atoms with Crippen molar-refractivity contribution >= 4 is 5.69 Å². The van der Waals surface area contributed by atoms with Crippen LogP contribution in [0.5, 0.6) is 0 Å². The van der Waals surface area contributed by atoms with E-state index >= 15 is 0 Å². The molecule has 1 aromatic rings. The van der Waals surface area contributed by atoms with E-state index in [1.165, 1.54) is 6.07 Å². The van der Waals surface area contributed by atoms with Crippen LogP contribution in [0.1, 0.15) is 18.4 Å². The van der Waals surface area contributed by atoms with E-state index in [9.17, 15) is 4.39 Å². The summed E-state index contributed by atoms with van der Waals surface area (Å²) in [5, 5.41) is 3.17. The predicted octanol–water partition coefficient (Wildman–Crippen LogP) is 2.30. The summed E-state index contributed by atoms with van der Waals surface area (Å²) in [5.41, 5.74) is 7.04. The fourth-order valence-corrected chi connectivity index (χ4v) is 1.73. The summed E-state index contributed by atoms with van der Waals surface area (Å²) >= 11 is 0. The molecule has 0 heterocycles. The van der Waals surface area contributed by atoms with Crippen LogP contribution in [0.25, 0.3) is 0 Å². The Kier molecular flexibility index (Phi) is 5.94. The van der Waals surface area contributed by atoms with Crippen molar-refractivity contribution in [2.24, 2.45) is 5.73 Å². The minimum Gasteiger partial charge on any atom is -0.383 e. The summed E-state index contributed by atoms with van der Waals surface area (Å²) in [6, 6.07) is 5.14. The van der Waals surface area contributed by atoms with Crippen LogP contribution in [0.4, 0.5) is 10.1 Å². The van der Waals surface area contributed by atoms with Crippen LogP contribution in [0.15, 0.2) is 18.2 Å². The third kappa shape index (κ3) is 4.71. The number of aryl methyl sites for hydroxylation is 1. The van der Waals surface area contributed by atoms with Crippen molar-refractivity contribution in [1.29, 1.82) is 0 Å². The summed E-state index contributed by atoms with van der Waals surface area (Å²) in [6.45, 7) is 3.13. The largest absolute Gasteiger partial charge is 0.383 e. The van der Waals surface area contributed by atoms with E-state index in [4.69, 9.17) is 10.5 Å². The molecule has 17 heavy (non-hydrogen) atoms. The molecule has 0 fully saturated rings. The highest BCUT2D eigenvalue weighted by Crippen LogP contribution is 2.17. The molecule has 96 valence electrons. The van der Waals surface area contributed by atoms with Gasteiger partial charge in [-0.25, -0.2) is 4.39 Å². The standard InChI is InChI=1S/C13H21FN2O/c1-10-5-6-12(14)13(8-10)16-11(9-17-2)4-3-7-15/h5-6,8,11,16H,3-4,7,9,15H2,1-2H3. The molecule has 0 aliphatic heterocycles. The average Bonchev–Trinajstić information content (AvgIpc) is 2.31. The van der Waals surface area contributed by atoms with Crippen molar-refractivity contribution in [1.82, 2.24) is 0 Å². The Balaban J connectivity index is 2.67. The van der Waals surface area contributed by atoms with Gasteiger partial charge in [-0.2, -0.15) is 0 Å². The van der Waals surface area contributed by atoms with E-state index in [0.717, 1.165) is 18.4 Å². The number of benzene rings is 1. The molecule has 0 amide bonds. The zero-order valence-corrected chi connectivity index (χ0v) is 10.5. The number of nitrogens with one attached hydrogen (secondary N) is 1. The van der Waals surface area contributed by atoms with Gasteiger partial charge < -0.3 is 15.8 Å². The number of rotatable bonds is 7. The Bertz CT molecular complexity index is 344. The van der Waals surface area contributed by atoms with E-state index in [2.05, 4.69) is 5.32 Å². The maximum absolute atomic E-state index is 13.6. The Morgan fingerprint density at radius 2 is 2.24 bits per heavy atom. The molecule has 1 unspecified atom stereocenters. The van der Waals surface area contributed by atoms with Gasteiger partial charge in [0.2, 0.25) is 0 Å². The van der Waals surface area contributed by atoms with Crippen LogP contribution in [0, 0.1) is 12.7 Å². The molecule has 0 spiro atoms. The lowest BCUT2D eigenvalue weighted by molar-refractivity contribution is 0.182. The van der Waals surface area contributed by atoms with E-state index < -0.39 is 0 Å². The lowest BCUT2D eigenvalue weighted by Crippen LogP contribution is -2.26. The molecule has 3 nitrogen and oxygen atoms in total. The smallest absolute Gasteiger partial charge is 0.146 e. The number of methoxy groups -OCH3 is 1. The van der Waals surface area contributed by atoms with Gasteiger partial charge in [-0.1, -0.05) is 6.07 Å². The first-order chi connectivity index (χ1) is 8.17. The monoisotopic (exact) mass is 240 g/mol. The van der Waals surface area contributed by atoms with Gasteiger partial charge in [0.1, 0.15) is 5.82 Å². The van der Waals surface area contributed by atoms with Gasteiger partial charge in [0.25, 0.3) is 0 Å². The summed E-state index contributed by atoms with van der Waals surface area (Å²) in [6.07, 6.45) is 1.77. The minimum absolute atomic E-state index is 0.0971. The van der Waals surface area contributed by atoms with E-state index in [1.54, 1.807) is 19.2 Å². The van der Waals surface area contributed by atoms with Gasteiger partial charge in [-0.05, 0) is 44.0 Å². The minimum atomic E-state index is -0.232. The highest BCUT2D eigenvalue weighted by Gasteiger charge is 2.10. The van der Waals surface area contributed by atoms with Crippen LogP contribution in [0.2, 0.25) is 0 Å². The SMILES string of the molecule is COCC(CCCN)Nc1cc(C)ccc1F. The Labute approximate surface area is 102 Å². The highest BCUT2D eigenvalue weighted by atomic mass is 19.1. The molecule has 0 aromatic heterocycles. The van der Waals surface area contributed by atoms with Crippen molar-refractivity contribution in [3.63, 3.8) is 0 Å². The van der Waals surface area contributed by atoms with Crippen molar-refractivity contribution in [2.75, 3.05) is 25.6 Å². The molecule has 0 aliphatic carbocycles. The van der Waals surface area contributed by atoms with Crippen molar-refractivity contribution < 1.29 is 9.13 Å². The third-order valence-corrected chi connectivity index (χ3v) is 2.61. The molecular formula is C13H21FN2O. The second-order valence-electron chi connectivity index (χ2n) is 4.21. The van der Waals surface area contributed by atoms with Gasteiger partial charge in [0.05, 0.1) is 12.3 Å². The molecule has 1 rings (SSSR count). The number of hydrogen-bond acceptors (Lipinski definition) is 3. The Morgan fingerprint density at radius 1 is 1.47 bits per heavy atom. The molecular weight excluding hydrogens is 219 g/mol. The number of anilines is 1. The number of nitrogens with two attached hydrogens (primary N) is 1. The van der Waals surface area contributed by atoms with Gasteiger partial charge in [-0.3, -0.25) is 0 Å². The Morgan fingerprint density at radius 3 is 2.88 bits per heavy atom. The quantitative estimate of drug-likeness (QED) is 0.768. The van der Waals surface area contributed by atoms with Crippen molar-refractivity contribution in [2.45, 2.75) is 25.8 Å². The molecule has 0 saturated carbocycles. The predicted molar refractivity (Wildman–Crippen MR) is 68.7 cm³/mol. The number of ether oxygens (including phenoxy) is 1. The van der Waals surface area contributed by atoms with Crippen LogP contribution < -0.4 is 11.1 Å². The van der Waals surface area contributed by atoms with Gasteiger partial charge >= 0.3 is 0 Å². The van der Waals surface area contributed by atoms with Gasteiger partial charge in [0.15, 0.2) is 0 Å². The number of hydrogen-bond donors (Lipinski definition) is 2. The first kappa shape index (κ1) is 13.9. The van der Waals surface area contributed by atoms with Crippen LogP contribution in [0.3, 0.4) is 0 Å². The van der Waals surface area contributed by atoms with Crippen molar-refractivity contribution in [3.8, 4) is 0 Å². The maximum Gasteiger partial charge on any atom is 0.146 e. The molecule has 0 saturated heterocycles. The molecule has 4 heteroatoms. The van der Waals surface area contributed by atoms with Crippen LogP contribution >= 0.6 is 0 Å². The van der Waals surface area contributed by atoms with E-state index in [1.807, 2.05) is 6.92 Å². The zero-order valence-electron chi connectivity index (χ0n) is 10.5. The van der Waals surface area contributed by atoms with Gasteiger partial charge in [0, 0.05) is 13.2 Å². The fraction of sp³-hybridized carbons (Fsp3) is 0.538. The van der Waals surface area contributed by atoms with Gasteiger partial charge in [-0.15, -0.1) is 0 Å². The third-order valence-electron chi connectivity index (χ3n) is 2.61.